The zero-order valence-corrected chi connectivity index (χ0v) is 14.4. The normalized spacial score (nSPS) is 9.89. The Morgan fingerprint density at radius 3 is 2.44 bits per heavy atom. The van der Waals surface area contributed by atoms with Crippen LogP contribution in [0.25, 0.3) is 11.1 Å². The first kappa shape index (κ1) is 17.9. The van der Waals surface area contributed by atoms with E-state index < -0.39 is 18.5 Å². The van der Waals surface area contributed by atoms with Crippen molar-refractivity contribution in [3.8, 4) is 17.2 Å². The average Bonchev–Trinajstić information content (AvgIpc) is 2.73. The van der Waals surface area contributed by atoms with Gasteiger partial charge in [-0.3, -0.25) is 4.79 Å². The van der Waals surface area contributed by atoms with E-state index in [0.717, 1.165) is 11.1 Å². The van der Waals surface area contributed by atoms with Crippen molar-refractivity contribution in [1.82, 2.24) is 0 Å². The smallest absolute Gasteiger partial charge is 0.339 e. The zero-order chi connectivity index (χ0) is 19.1. The van der Waals surface area contributed by atoms with E-state index in [2.05, 4.69) is 5.32 Å². The van der Waals surface area contributed by atoms with Crippen molar-refractivity contribution >= 4 is 17.6 Å². The van der Waals surface area contributed by atoms with Gasteiger partial charge in [0.1, 0.15) is 0 Å². The lowest BCUT2D eigenvalue weighted by molar-refractivity contribution is -0.119. The number of amides is 1. The topological polar surface area (TPSA) is 79.2 Å². The molecule has 0 atom stereocenters. The standard InChI is InChI=1S/C22H16N2O3/c23-14-16-7-6-10-18(13-16)24-21(25)15-27-22(26)20-12-5-4-11-19(20)17-8-2-1-3-9-17/h1-13H,15H2,(H,24,25). The Kier molecular flexibility index (Phi) is 5.60. The number of nitrogens with zero attached hydrogens (tertiary/aromatic N) is 1. The highest BCUT2D eigenvalue weighted by molar-refractivity contribution is 5.99. The molecule has 0 aliphatic heterocycles. The van der Waals surface area contributed by atoms with Gasteiger partial charge in [-0.25, -0.2) is 4.79 Å². The van der Waals surface area contributed by atoms with Gasteiger partial charge in [-0.05, 0) is 35.4 Å². The molecule has 3 aromatic carbocycles. The van der Waals surface area contributed by atoms with Crippen LogP contribution in [0, 0.1) is 11.3 Å². The fraction of sp³-hybridized carbons (Fsp3) is 0.0455. The molecular weight excluding hydrogens is 340 g/mol. The average molecular weight is 356 g/mol. The minimum atomic E-state index is -0.574. The summed E-state index contributed by atoms with van der Waals surface area (Å²) in [6.45, 7) is -0.418. The molecule has 132 valence electrons. The van der Waals surface area contributed by atoms with Crippen LogP contribution in [-0.2, 0) is 9.53 Å². The van der Waals surface area contributed by atoms with Crippen molar-refractivity contribution in [2.24, 2.45) is 0 Å². The molecule has 1 amide bonds. The second-order valence-electron chi connectivity index (χ2n) is 5.73. The summed E-state index contributed by atoms with van der Waals surface area (Å²) in [5, 5.41) is 11.5. The summed E-state index contributed by atoms with van der Waals surface area (Å²) in [6, 6.07) is 25.1. The van der Waals surface area contributed by atoms with Crippen LogP contribution >= 0.6 is 0 Å². The Hall–Kier alpha value is -3.91. The number of esters is 1. The molecule has 0 aromatic heterocycles. The number of nitriles is 1. The van der Waals surface area contributed by atoms with E-state index in [0.29, 0.717) is 16.8 Å². The SMILES string of the molecule is N#Cc1cccc(NC(=O)COC(=O)c2ccccc2-c2ccccc2)c1. The first-order valence-electron chi connectivity index (χ1n) is 8.29. The molecule has 0 bridgehead atoms. The van der Waals surface area contributed by atoms with Crippen molar-refractivity contribution in [2.75, 3.05) is 11.9 Å². The Morgan fingerprint density at radius 2 is 1.67 bits per heavy atom. The molecule has 0 heterocycles. The molecule has 0 aliphatic carbocycles. The monoisotopic (exact) mass is 356 g/mol. The fourth-order valence-electron chi connectivity index (χ4n) is 2.60. The Morgan fingerprint density at radius 1 is 0.926 bits per heavy atom. The van der Waals surface area contributed by atoms with Crippen LogP contribution in [0.4, 0.5) is 5.69 Å². The van der Waals surface area contributed by atoms with Crippen LogP contribution < -0.4 is 5.32 Å². The third-order valence-corrected chi connectivity index (χ3v) is 3.84. The number of carbonyl (C=O) groups is 2. The van der Waals surface area contributed by atoms with Gasteiger partial charge in [0.15, 0.2) is 6.61 Å². The molecule has 3 aromatic rings. The number of benzene rings is 3. The maximum atomic E-state index is 12.5. The summed E-state index contributed by atoms with van der Waals surface area (Å²) in [7, 11) is 0. The first-order chi connectivity index (χ1) is 13.2. The molecule has 3 rings (SSSR count). The Labute approximate surface area is 156 Å². The van der Waals surface area contributed by atoms with Gasteiger partial charge in [-0.1, -0.05) is 54.6 Å². The van der Waals surface area contributed by atoms with Crippen molar-refractivity contribution in [1.29, 1.82) is 5.26 Å². The molecule has 5 nitrogen and oxygen atoms in total. The Bertz CT molecular complexity index is 1010. The number of anilines is 1. The predicted molar refractivity (Wildman–Crippen MR) is 102 cm³/mol. The lowest BCUT2D eigenvalue weighted by Crippen LogP contribution is -2.21. The van der Waals surface area contributed by atoms with Crippen molar-refractivity contribution in [2.45, 2.75) is 0 Å². The second-order valence-corrected chi connectivity index (χ2v) is 5.73. The molecule has 0 fully saturated rings. The second kappa shape index (κ2) is 8.45. The summed E-state index contributed by atoms with van der Waals surface area (Å²) >= 11 is 0. The highest BCUT2D eigenvalue weighted by atomic mass is 16.5. The molecule has 0 saturated heterocycles. The number of rotatable bonds is 5. The van der Waals surface area contributed by atoms with E-state index in [1.54, 1.807) is 36.4 Å². The van der Waals surface area contributed by atoms with Gasteiger partial charge < -0.3 is 10.1 Å². The maximum Gasteiger partial charge on any atom is 0.339 e. The fourth-order valence-corrected chi connectivity index (χ4v) is 2.60. The third kappa shape index (κ3) is 4.59. The number of hydrogen-bond acceptors (Lipinski definition) is 4. The summed E-state index contributed by atoms with van der Waals surface area (Å²) in [6.07, 6.45) is 0. The Balaban J connectivity index is 1.66. The summed E-state index contributed by atoms with van der Waals surface area (Å²) in [4.78, 5) is 24.5. The number of ether oxygens (including phenoxy) is 1. The highest BCUT2D eigenvalue weighted by Crippen LogP contribution is 2.24. The van der Waals surface area contributed by atoms with E-state index in [-0.39, 0.29) is 0 Å². The van der Waals surface area contributed by atoms with E-state index in [4.69, 9.17) is 10.00 Å². The lowest BCUT2D eigenvalue weighted by atomic mass is 10.00. The summed E-state index contributed by atoms with van der Waals surface area (Å²) in [5.41, 5.74) is 2.93. The van der Waals surface area contributed by atoms with Crippen LogP contribution in [0.5, 0.6) is 0 Å². The van der Waals surface area contributed by atoms with E-state index >= 15 is 0 Å². The third-order valence-electron chi connectivity index (χ3n) is 3.84. The molecular formula is C22H16N2O3. The number of hydrogen-bond donors (Lipinski definition) is 1. The lowest BCUT2D eigenvalue weighted by Gasteiger charge is -2.10. The van der Waals surface area contributed by atoms with Crippen molar-refractivity contribution in [3.63, 3.8) is 0 Å². The van der Waals surface area contributed by atoms with Crippen LogP contribution in [-0.4, -0.2) is 18.5 Å². The number of carbonyl (C=O) groups excluding carboxylic acids is 2. The minimum Gasteiger partial charge on any atom is -0.452 e. The molecule has 0 spiro atoms. The van der Waals surface area contributed by atoms with Crippen LogP contribution in [0.3, 0.4) is 0 Å². The van der Waals surface area contributed by atoms with Gasteiger partial charge in [0, 0.05) is 5.69 Å². The van der Waals surface area contributed by atoms with Gasteiger partial charge in [-0.15, -0.1) is 0 Å². The minimum absolute atomic E-state index is 0.392. The van der Waals surface area contributed by atoms with E-state index in [9.17, 15) is 9.59 Å². The maximum absolute atomic E-state index is 12.5. The first-order valence-corrected chi connectivity index (χ1v) is 8.29. The number of nitrogens with one attached hydrogen (secondary N) is 1. The van der Waals surface area contributed by atoms with E-state index in [1.807, 2.05) is 48.5 Å². The molecule has 27 heavy (non-hydrogen) atoms. The van der Waals surface area contributed by atoms with Crippen LogP contribution in [0.2, 0.25) is 0 Å². The summed E-state index contributed by atoms with van der Waals surface area (Å²) in [5.74, 6) is -1.05. The van der Waals surface area contributed by atoms with E-state index in [1.165, 1.54) is 0 Å². The predicted octanol–water partition coefficient (Wildman–Crippen LogP) is 4.02. The van der Waals surface area contributed by atoms with Crippen LogP contribution in [0.1, 0.15) is 15.9 Å². The molecule has 1 N–H and O–H groups in total. The van der Waals surface area contributed by atoms with Crippen LogP contribution in [0.15, 0.2) is 78.9 Å². The quantitative estimate of drug-likeness (QED) is 0.700. The molecule has 5 heteroatoms. The molecule has 0 aliphatic rings. The van der Waals surface area contributed by atoms with Gasteiger partial charge in [0.05, 0.1) is 17.2 Å². The molecule has 0 saturated carbocycles. The van der Waals surface area contributed by atoms with Gasteiger partial charge in [0.2, 0.25) is 0 Å². The largest absolute Gasteiger partial charge is 0.452 e. The van der Waals surface area contributed by atoms with Crippen molar-refractivity contribution < 1.29 is 14.3 Å². The molecule has 0 radical (unpaired) electrons. The molecule has 0 unspecified atom stereocenters. The van der Waals surface area contributed by atoms with Crippen molar-refractivity contribution in [3.05, 3.63) is 90.0 Å². The summed E-state index contributed by atoms with van der Waals surface area (Å²) < 4.78 is 5.16. The zero-order valence-electron chi connectivity index (χ0n) is 14.4. The van der Waals surface area contributed by atoms with Gasteiger partial charge >= 0.3 is 5.97 Å². The van der Waals surface area contributed by atoms with Gasteiger partial charge in [-0.2, -0.15) is 5.26 Å². The van der Waals surface area contributed by atoms with Gasteiger partial charge in [0.25, 0.3) is 5.91 Å². The highest BCUT2D eigenvalue weighted by Gasteiger charge is 2.15.